The summed E-state index contributed by atoms with van der Waals surface area (Å²) in [5.41, 5.74) is 7.16. The van der Waals surface area contributed by atoms with E-state index in [0.29, 0.717) is 6.61 Å². The van der Waals surface area contributed by atoms with Crippen LogP contribution in [0.25, 0.3) is 0 Å². The molecule has 0 unspecified atom stereocenters. The summed E-state index contributed by atoms with van der Waals surface area (Å²) in [5.74, 6) is 0. The van der Waals surface area contributed by atoms with Gasteiger partial charge in [-0.1, -0.05) is 151 Å². The summed E-state index contributed by atoms with van der Waals surface area (Å²) in [6, 6.07) is 38.9. The first-order valence-electron chi connectivity index (χ1n) is 14.3. The van der Waals surface area contributed by atoms with E-state index in [1.165, 1.54) is 16.7 Å². The Balaban J connectivity index is 1.49. The summed E-state index contributed by atoms with van der Waals surface area (Å²) >= 11 is 0. The van der Waals surface area contributed by atoms with Crippen molar-refractivity contribution in [1.29, 1.82) is 0 Å². The van der Waals surface area contributed by atoms with Gasteiger partial charge in [-0.25, -0.2) is 0 Å². The Morgan fingerprint density at radius 2 is 0.949 bits per heavy atom. The zero-order chi connectivity index (χ0) is 27.9. The molecule has 204 valence electrons. The number of ether oxygens (including phenoxy) is 1. The van der Waals surface area contributed by atoms with E-state index in [-0.39, 0.29) is 10.8 Å². The van der Waals surface area contributed by atoms with Crippen molar-refractivity contribution < 1.29 is 4.74 Å². The van der Waals surface area contributed by atoms with Gasteiger partial charge in [-0.3, -0.25) is 0 Å². The van der Waals surface area contributed by atoms with Gasteiger partial charge >= 0.3 is 0 Å². The highest BCUT2D eigenvalue weighted by atomic mass is 16.5. The van der Waals surface area contributed by atoms with Gasteiger partial charge in [0.2, 0.25) is 0 Å². The molecule has 0 fully saturated rings. The first kappa shape index (κ1) is 28.8. The summed E-state index contributed by atoms with van der Waals surface area (Å²) in [7, 11) is 0. The van der Waals surface area contributed by atoms with Crippen LogP contribution < -0.4 is 5.32 Å². The lowest BCUT2D eigenvalue weighted by atomic mass is 9.79. The molecule has 39 heavy (non-hydrogen) atoms. The largest absolute Gasteiger partial charge is 0.361 e. The molecule has 0 saturated carbocycles. The molecule has 0 heterocycles. The van der Waals surface area contributed by atoms with E-state index in [4.69, 9.17) is 4.74 Å². The second kappa shape index (κ2) is 12.3. The predicted molar refractivity (Wildman–Crippen MR) is 165 cm³/mol. The molecule has 0 atom stereocenters. The van der Waals surface area contributed by atoms with Gasteiger partial charge in [0, 0.05) is 13.2 Å². The zero-order valence-corrected chi connectivity index (χ0v) is 24.6. The Labute approximate surface area is 236 Å². The quantitative estimate of drug-likeness (QED) is 0.167. The lowest BCUT2D eigenvalue weighted by Crippen LogP contribution is -2.34. The smallest absolute Gasteiger partial charge is 0.143 e. The number of rotatable bonds is 10. The van der Waals surface area contributed by atoms with Gasteiger partial charge < -0.3 is 10.1 Å². The van der Waals surface area contributed by atoms with E-state index in [0.717, 1.165) is 36.2 Å². The molecular formula is C37H45NO. The molecule has 0 aromatic heterocycles. The van der Waals surface area contributed by atoms with Crippen molar-refractivity contribution >= 4 is 0 Å². The summed E-state index contributed by atoms with van der Waals surface area (Å²) in [5, 5.41) is 3.68. The van der Waals surface area contributed by atoms with Crippen LogP contribution in [0.3, 0.4) is 0 Å². The third-order valence-corrected chi connectivity index (χ3v) is 7.41. The fraction of sp³-hybridized carbons (Fsp3) is 0.351. The van der Waals surface area contributed by atoms with E-state index in [1.54, 1.807) is 0 Å². The SMILES string of the molecule is CC(C)(C)c1cc(CNCCCOC(c2ccccc2)(c2ccccc2)c2ccccc2)cc(C(C)(C)C)c1. The molecule has 4 rings (SSSR count). The zero-order valence-electron chi connectivity index (χ0n) is 24.6. The van der Waals surface area contributed by atoms with Gasteiger partial charge in [0.1, 0.15) is 5.60 Å². The van der Waals surface area contributed by atoms with Crippen molar-refractivity contribution in [3.8, 4) is 0 Å². The molecule has 0 aliphatic heterocycles. The third-order valence-electron chi connectivity index (χ3n) is 7.41. The summed E-state index contributed by atoms with van der Waals surface area (Å²) in [6.07, 6.45) is 0.916. The number of hydrogen-bond donors (Lipinski definition) is 1. The van der Waals surface area contributed by atoms with Crippen molar-refractivity contribution in [2.75, 3.05) is 13.2 Å². The fourth-order valence-corrected chi connectivity index (χ4v) is 5.08. The Morgan fingerprint density at radius 1 is 0.538 bits per heavy atom. The third kappa shape index (κ3) is 7.06. The normalized spacial score (nSPS) is 12.5. The van der Waals surface area contributed by atoms with Crippen LogP contribution in [0.2, 0.25) is 0 Å². The molecule has 0 spiro atoms. The van der Waals surface area contributed by atoms with Crippen molar-refractivity contribution in [3.05, 3.63) is 143 Å². The Kier molecular flexibility index (Phi) is 9.10. The topological polar surface area (TPSA) is 21.3 Å². The van der Waals surface area contributed by atoms with Gasteiger partial charge in [-0.15, -0.1) is 0 Å². The Bertz CT molecular complexity index is 1170. The molecule has 0 aliphatic carbocycles. The van der Waals surface area contributed by atoms with Crippen LogP contribution in [-0.4, -0.2) is 13.2 Å². The lowest BCUT2D eigenvalue weighted by molar-refractivity contribution is 0.0117. The van der Waals surface area contributed by atoms with Crippen LogP contribution in [0.5, 0.6) is 0 Å². The van der Waals surface area contributed by atoms with E-state index in [2.05, 4.69) is 156 Å². The molecule has 2 nitrogen and oxygen atoms in total. The molecule has 0 saturated heterocycles. The maximum atomic E-state index is 6.93. The van der Waals surface area contributed by atoms with Crippen LogP contribution in [0.1, 0.15) is 81.3 Å². The highest BCUT2D eigenvalue weighted by molar-refractivity contribution is 5.47. The maximum Gasteiger partial charge on any atom is 0.143 e. The van der Waals surface area contributed by atoms with E-state index < -0.39 is 5.60 Å². The van der Waals surface area contributed by atoms with Gasteiger partial charge in [-0.2, -0.15) is 0 Å². The number of benzene rings is 4. The van der Waals surface area contributed by atoms with Crippen LogP contribution in [0, 0.1) is 0 Å². The lowest BCUT2D eigenvalue weighted by Gasteiger charge is -2.36. The van der Waals surface area contributed by atoms with E-state index in [1.807, 2.05) is 0 Å². The molecule has 0 amide bonds. The van der Waals surface area contributed by atoms with E-state index in [9.17, 15) is 0 Å². The van der Waals surface area contributed by atoms with E-state index >= 15 is 0 Å². The van der Waals surface area contributed by atoms with Gasteiger partial charge in [0.05, 0.1) is 0 Å². The second-order valence-electron chi connectivity index (χ2n) is 12.6. The van der Waals surface area contributed by atoms with Gasteiger partial charge in [0.15, 0.2) is 0 Å². The van der Waals surface area contributed by atoms with Crippen LogP contribution in [0.15, 0.2) is 109 Å². The van der Waals surface area contributed by atoms with Crippen molar-refractivity contribution in [2.45, 2.75) is 70.9 Å². The molecule has 4 aromatic carbocycles. The predicted octanol–water partition coefficient (Wildman–Crippen LogP) is 8.77. The molecular weight excluding hydrogens is 474 g/mol. The highest BCUT2D eigenvalue weighted by Gasteiger charge is 2.37. The summed E-state index contributed by atoms with van der Waals surface area (Å²) < 4.78 is 6.93. The summed E-state index contributed by atoms with van der Waals surface area (Å²) in [6.45, 7) is 16.1. The Hall–Kier alpha value is -3.20. The summed E-state index contributed by atoms with van der Waals surface area (Å²) in [4.78, 5) is 0. The minimum Gasteiger partial charge on any atom is -0.361 e. The molecule has 1 N–H and O–H groups in total. The first-order chi connectivity index (χ1) is 18.6. The van der Waals surface area contributed by atoms with Crippen LogP contribution in [0.4, 0.5) is 0 Å². The average molecular weight is 520 g/mol. The van der Waals surface area contributed by atoms with Crippen LogP contribution in [-0.2, 0) is 27.7 Å². The molecule has 0 radical (unpaired) electrons. The standard InChI is InChI=1S/C37H45NO/c1-35(2,3)33-25-29(26-34(27-33)36(4,5)6)28-38-23-16-24-39-37(30-17-10-7-11-18-30,31-19-12-8-13-20-31)32-21-14-9-15-22-32/h7-15,17-22,25-27,38H,16,23-24,28H2,1-6H3. The maximum absolute atomic E-state index is 6.93. The van der Waals surface area contributed by atoms with Gasteiger partial charge in [0.25, 0.3) is 0 Å². The molecule has 0 aliphatic rings. The number of nitrogens with one attached hydrogen (secondary N) is 1. The number of hydrogen-bond acceptors (Lipinski definition) is 2. The van der Waals surface area contributed by atoms with Crippen LogP contribution >= 0.6 is 0 Å². The van der Waals surface area contributed by atoms with Crippen molar-refractivity contribution in [3.63, 3.8) is 0 Å². The minimum absolute atomic E-state index is 0.124. The highest BCUT2D eigenvalue weighted by Crippen LogP contribution is 2.40. The minimum atomic E-state index is -0.660. The van der Waals surface area contributed by atoms with Crippen molar-refractivity contribution in [1.82, 2.24) is 5.32 Å². The molecule has 4 aromatic rings. The van der Waals surface area contributed by atoms with Crippen molar-refractivity contribution in [2.24, 2.45) is 0 Å². The first-order valence-corrected chi connectivity index (χ1v) is 14.3. The fourth-order valence-electron chi connectivity index (χ4n) is 5.08. The second-order valence-corrected chi connectivity index (χ2v) is 12.6. The average Bonchev–Trinajstić information content (AvgIpc) is 2.93. The molecule has 2 heteroatoms. The Morgan fingerprint density at radius 3 is 1.33 bits per heavy atom. The molecule has 0 bridgehead atoms. The van der Waals surface area contributed by atoms with Gasteiger partial charge in [-0.05, 0) is 57.2 Å². The monoisotopic (exact) mass is 519 g/mol.